The van der Waals surface area contributed by atoms with Crippen molar-refractivity contribution in [3.63, 3.8) is 0 Å². The standard InChI is InChI=1S/C11H9FN4S/c1-2-16-10-5-7(12)3-4-8(10)13-11(16)9-6-17-15-14-9/h3-6H,2H2,1H3. The Morgan fingerprint density at radius 2 is 2.29 bits per heavy atom. The minimum atomic E-state index is -0.255. The Hall–Kier alpha value is -1.82. The van der Waals surface area contributed by atoms with E-state index in [9.17, 15) is 4.39 Å². The second kappa shape index (κ2) is 3.89. The molecule has 0 aliphatic rings. The monoisotopic (exact) mass is 248 g/mol. The van der Waals surface area contributed by atoms with Crippen molar-refractivity contribution in [2.45, 2.75) is 13.5 Å². The number of aromatic nitrogens is 4. The lowest BCUT2D eigenvalue weighted by molar-refractivity contribution is 0.628. The average Bonchev–Trinajstić information content (AvgIpc) is 2.94. The van der Waals surface area contributed by atoms with E-state index in [0.29, 0.717) is 6.54 Å². The molecule has 0 aliphatic heterocycles. The number of halogens is 1. The van der Waals surface area contributed by atoms with Gasteiger partial charge in [-0.05, 0) is 36.7 Å². The van der Waals surface area contributed by atoms with Gasteiger partial charge in [-0.25, -0.2) is 9.37 Å². The number of aryl methyl sites for hydroxylation is 1. The summed E-state index contributed by atoms with van der Waals surface area (Å²) in [6, 6.07) is 4.59. The maximum absolute atomic E-state index is 13.2. The minimum absolute atomic E-state index is 0.255. The first-order chi connectivity index (χ1) is 8.29. The SMILES string of the molecule is CCn1c(-c2csnn2)nc2ccc(F)cc21. The van der Waals surface area contributed by atoms with E-state index in [4.69, 9.17) is 0 Å². The van der Waals surface area contributed by atoms with Gasteiger partial charge in [-0.1, -0.05) is 4.49 Å². The molecule has 86 valence electrons. The third-order valence-corrected chi connectivity index (χ3v) is 3.12. The van der Waals surface area contributed by atoms with E-state index in [0.717, 1.165) is 22.6 Å². The maximum Gasteiger partial charge on any atom is 0.162 e. The molecule has 0 saturated carbocycles. The molecule has 2 aromatic heterocycles. The lowest BCUT2D eigenvalue weighted by Crippen LogP contribution is -1.97. The Labute approximate surface area is 101 Å². The normalized spacial score (nSPS) is 11.2. The summed E-state index contributed by atoms with van der Waals surface area (Å²) in [7, 11) is 0. The zero-order valence-corrected chi connectivity index (χ0v) is 9.91. The van der Waals surface area contributed by atoms with Gasteiger partial charge in [-0.3, -0.25) is 0 Å². The van der Waals surface area contributed by atoms with Crippen molar-refractivity contribution in [1.82, 2.24) is 19.1 Å². The predicted octanol–water partition coefficient (Wildman–Crippen LogP) is 2.71. The Morgan fingerprint density at radius 3 is 3.00 bits per heavy atom. The fourth-order valence-corrected chi connectivity index (χ4v) is 2.31. The maximum atomic E-state index is 13.2. The Balaban J connectivity index is 2.32. The number of fused-ring (bicyclic) bond motifs is 1. The van der Waals surface area contributed by atoms with Gasteiger partial charge < -0.3 is 4.57 Å². The topological polar surface area (TPSA) is 43.6 Å². The van der Waals surface area contributed by atoms with Gasteiger partial charge in [0, 0.05) is 11.9 Å². The van der Waals surface area contributed by atoms with Gasteiger partial charge in [0.25, 0.3) is 0 Å². The summed E-state index contributed by atoms with van der Waals surface area (Å²) in [4.78, 5) is 4.47. The molecule has 0 aliphatic carbocycles. The molecule has 0 spiro atoms. The summed E-state index contributed by atoms with van der Waals surface area (Å²) >= 11 is 1.28. The summed E-state index contributed by atoms with van der Waals surface area (Å²) in [6.45, 7) is 2.71. The predicted molar refractivity (Wildman–Crippen MR) is 64.3 cm³/mol. The lowest BCUT2D eigenvalue weighted by Gasteiger charge is -2.02. The van der Waals surface area contributed by atoms with E-state index >= 15 is 0 Å². The Bertz CT molecular complexity index is 659. The molecule has 0 N–H and O–H groups in total. The highest BCUT2D eigenvalue weighted by Gasteiger charge is 2.13. The van der Waals surface area contributed by atoms with Crippen LogP contribution in [0.2, 0.25) is 0 Å². The molecule has 0 fully saturated rings. The quantitative estimate of drug-likeness (QED) is 0.700. The van der Waals surface area contributed by atoms with Crippen LogP contribution in [0.5, 0.6) is 0 Å². The summed E-state index contributed by atoms with van der Waals surface area (Å²) in [6.07, 6.45) is 0. The van der Waals surface area contributed by atoms with Gasteiger partial charge >= 0.3 is 0 Å². The van der Waals surface area contributed by atoms with Crippen molar-refractivity contribution in [2.24, 2.45) is 0 Å². The first kappa shape index (κ1) is 10.3. The third kappa shape index (κ3) is 1.61. The van der Waals surface area contributed by atoms with Crippen LogP contribution in [0, 0.1) is 5.82 Å². The molecule has 0 radical (unpaired) electrons. The van der Waals surface area contributed by atoms with Crippen molar-refractivity contribution in [3.8, 4) is 11.5 Å². The molecular formula is C11H9FN4S. The van der Waals surface area contributed by atoms with Crippen LogP contribution in [0.4, 0.5) is 4.39 Å². The number of benzene rings is 1. The van der Waals surface area contributed by atoms with E-state index in [-0.39, 0.29) is 5.82 Å². The first-order valence-electron chi connectivity index (χ1n) is 5.23. The van der Waals surface area contributed by atoms with E-state index in [1.165, 1.54) is 23.7 Å². The van der Waals surface area contributed by atoms with Crippen LogP contribution < -0.4 is 0 Å². The van der Waals surface area contributed by atoms with Crippen LogP contribution in [-0.4, -0.2) is 19.1 Å². The van der Waals surface area contributed by atoms with Crippen molar-refractivity contribution in [1.29, 1.82) is 0 Å². The van der Waals surface area contributed by atoms with Crippen LogP contribution >= 0.6 is 11.5 Å². The molecule has 3 rings (SSSR count). The van der Waals surface area contributed by atoms with Gasteiger partial charge in [0.05, 0.1) is 11.0 Å². The number of imidazole rings is 1. The number of hydrogen-bond acceptors (Lipinski definition) is 4. The van der Waals surface area contributed by atoms with Gasteiger partial charge in [-0.2, -0.15) is 0 Å². The van der Waals surface area contributed by atoms with Crippen LogP contribution in [-0.2, 0) is 6.54 Å². The molecule has 4 nitrogen and oxygen atoms in total. The fourth-order valence-electron chi connectivity index (χ4n) is 1.87. The molecule has 2 heterocycles. The number of nitrogens with zero attached hydrogens (tertiary/aromatic N) is 4. The molecule has 0 saturated heterocycles. The van der Waals surface area contributed by atoms with Crippen LogP contribution in [0.3, 0.4) is 0 Å². The Morgan fingerprint density at radius 1 is 1.41 bits per heavy atom. The van der Waals surface area contributed by atoms with Crippen molar-refractivity contribution < 1.29 is 4.39 Å². The summed E-state index contributed by atoms with van der Waals surface area (Å²) < 4.78 is 19.0. The molecular weight excluding hydrogens is 239 g/mol. The van der Waals surface area contributed by atoms with E-state index in [1.54, 1.807) is 6.07 Å². The van der Waals surface area contributed by atoms with Gasteiger partial charge in [-0.15, -0.1) is 5.10 Å². The minimum Gasteiger partial charge on any atom is -0.323 e. The first-order valence-corrected chi connectivity index (χ1v) is 6.06. The molecule has 0 atom stereocenters. The molecule has 3 aromatic rings. The summed E-state index contributed by atoms with van der Waals surface area (Å²) in [5, 5.41) is 5.84. The number of rotatable bonds is 2. The second-order valence-electron chi connectivity index (χ2n) is 3.60. The molecule has 17 heavy (non-hydrogen) atoms. The molecule has 0 bridgehead atoms. The molecule has 0 unspecified atom stereocenters. The van der Waals surface area contributed by atoms with E-state index in [1.807, 2.05) is 16.9 Å². The fraction of sp³-hybridized carbons (Fsp3) is 0.182. The van der Waals surface area contributed by atoms with Crippen LogP contribution in [0.25, 0.3) is 22.6 Å². The van der Waals surface area contributed by atoms with Crippen LogP contribution in [0.1, 0.15) is 6.92 Å². The van der Waals surface area contributed by atoms with E-state index in [2.05, 4.69) is 14.6 Å². The summed E-state index contributed by atoms with van der Waals surface area (Å²) in [5.41, 5.74) is 2.29. The molecule has 1 aromatic carbocycles. The summed E-state index contributed by atoms with van der Waals surface area (Å²) in [5.74, 6) is 0.483. The van der Waals surface area contributed by atoms with Gasteiger partial charge in [0.2, 0.25) is 0 Å². The highest BCUT2D eigenvalue weighted by Crippen LogP contribution is 2.24. The lowest BCUT2D eigenvalue weighted by atomic mass is 10.3. The van der Waals surface area contributed by atoms with Crippen LogP contribution in [0.15, 0.2) is 23.6 Å². The van der Waals surface area contributed by atoms with Crippen molar-refractivity contribution in [2.75, 3.05) is 0 Å². The highest BCUT2D eigenvalue weighted by molar-refractivity contribution is 7.03. The van der Waals surface area contributed by atoms with Crippen molar-refractivity contribution in [3.05, 3.63) is 29.4 Å². The zero-order chi connectivity index (χ0) is 11.8. The highest BCUT2D eigenvalue weighted by atomic mass is 32.1. The average molecular weight is 248 g/mol. The molecule has 0 amide bonds. The number of hydrogen-bond donors (Lipinski definition) is 0. The van der Waals surface area contributed by atoms with Crippen molar-refractivity contribution >= 4 is 22.6 Å². The van der Waals surface area contributed by atoms with E-state index < -0.39 is 0 Å². The smallest absolute Gasteiger partial charge is 0.162 e. The Kier molecular flexibility index (Phi) is 2.36. The zero-order valence-electron chi connectivity index (χ0n) is 9.09. The second-order valence-corrected chi connectivity index (χ2v) is 4.21. The third-order valence-electron chi connectivity index (χ3n) is 2.62. The molecule has 6 heteroatoms. The largest absolute Gasteiger partial charge is 0.323 e. The van der Waals surface area contributed by atoms with Gasteiger partial charge in [0.15, 0.2) is 5.82 Å². The van der Waals surface area contributed by atoms with Gasteiger partial charge in [0.1, 0.15) is 11.5 Å².